The molecular formula is C13H16N2OS. The first-order valence-electron chi connectivity index (χ1n) is 5.56. The number of rotatable bonds is 3. The molecule has 0 radical (unpaired) electrons. The maximum Gasteiger partial charge on any atom is 0.115 e. The van der Waals surface area contributed by atoms with Crippen molar-refractivity contribution < 1.29 is 5.11 Å². The van der Waals surface area contributed by atoms with Crippen LogP contribution in [0.5, 0.6) is 5.75 Å². The number of aromatic hydroxyl groups is 1. The summed E-state index contributed by atoms with van der Waals surface area (Å²) in [4.78, 5) is 5.81. The first-order valence-corrected chi connectivity index (χ1v) is 6.37. The number of thiazole rings is 1. The number of hydrogen-bond acceptors (Lipinski definition) is 4. The Balaban J connectivity index is 2.47. The molecule has 17 heavy (non-hydrogen) atoms. The van der Waals surface area contributed by atoms with Gasteiger partial charge < -0.3 is 10.4 Å². The molecule has 2 aromatic rings. The molecular weight excluding hydrogens is 232 g/mol. The Morgan fingerprint density at radius 1 is 1.29 bits per heavy atom. The summed E-state index contributed by atoms with van der Waals surface area (Å²) in [5, 5.41) is 13.6. The van der Waals surface area contributed by atoms with Crippen molar-refractivity contribution in [2.45, 2.75) is 19.9 Å². The summed E-state index contributed by atoms with van der Waals surface area (Å²) < 4.78 is 0. The van der Waals surface area contributed by atoms with Crippen LogP contribution in [-0.4, -0.2) is 17.1 Å². The van der Waals surface area contributed by atoms with Crippen molar-refractivity contribution in [2.24, 2.45) is 0 Å². The molecule has 4 heteroatoms. The summed E-state index contributed by atoms with van der Waals surface area (Å²) in [6.07, 6.45) is 0. The first kappa shape index (κ1) is 12.1. The van der Waals surface area contributed by atoms with Crippen LogP contribution in [0, 0.1) is 6.92 Å². The molecule has 1 atom stereocenters. The minimum Gasteiger partial charge on any atom is -0.508 e. The third-order valence-electron chi connectivity index (χ3n) is 2.73. The SMILES string of the molecule is CNC(C)c1sc(C)nc1-c1ccc(O)cc1. The van der Waals surface area contributed by atoms with Crippen molar-refractivity contribution in [3.8, 4) is 17.0 Å². The maximum atomic E-state index is 9.30. The zero-order valence-electron chi connectivity index (χ0n) is 10.2. The Morgan fingerprint density at radius 3 is 2.53 bits per heavy atom. The van der Waals surface area contributed by atoms with E-state index in [-0.39, 0.29) is 11.8 Å². The predicted molar refractivity (Wildman–Crippen MR) is 71.4 cm³/mol. The van der Waals surface area contributed by atoms with Crippen molar-refractivity contribution in [1.82, 2.24) is 10.3 Å². The minimum absolute atomic E-state index is 0.281. The largest absolute Gasteiger partial charge is 0.508 e. The second-order valence-corrected chi connectivity index (χ2v) is 5.24. The molecule has 0 amide bonds. The van der Waals surface area contributed by atoms with E-state index in [2.05, 4.69) is 17.2 Å². The minimum atomic E-state index is 0.281. The molecule has 3 nitrogen and oxygen atoms in total. The Labute approximate surface area is 105 Å². The van der Waals surface area contributed by atoms with Gasteiger partial charge in [0.05, 0.1) is 10.7 Å². The lowest BCUT2D eigenvalue weighted by atomic mass is 10.1. The quantitative estimate of drug-likeness (QED) is 0.877. The average molecular weight is 248 g/mol. The number of benzene rings is 1. The summed E-state index contributed by atoms with van der Waals surface area (Å²) >= 11 is 1.71. The second kappa shape index (κ2) is 4.85. The Hall–Kier alpha value is -1.39. The molecule has 2 N–H and O–H groups in total. The predicted octanol–water partition coefficient (Wildman–Crippen LogP) is 3.10. The Bertz CT molecular complexity index is 505. The maximum absolute atomic E-state index is 9.30. The van der Waals surface area contributed by atoms with Gasteiger partial charge in [0.15, 0.2) is 0 Å². The van der Waals surface area contributed by atoms with E-state index >= 15 is 0 Å². The highest BCUT2D eigenvalue weighted by atomic mass is 32.1. The van der Waals surface area contributed by atoms with Gasteiger partial charge in [-0.25, -0.2) is 4.98 Å². The van der Waals surface area contributed by atoms with Gasteiger partial charge in [-0.3, -0.25) is 0 Å². The highest BCUT2D eigenvalue weighted by Crippen LogP contribution is 2.33. The monoisotopic (exact) mass is 248 g/mol. The molecule has 0 bridgehead atoms. The smallest absolute Gasteiger partial charge is 0.115 e. The van der Waals surface area contributed by atoms with Gasteiger partial charge in [0.2, 0.25) is 0 Å². The number of aromatic nitrogens is 1. The summed E-state index contributed by atoms with van der Waals surface area (Å²) in [7, 11) is 1.94. The van der Waals surface area contributed by atoms with Gasteiger partial charge in [0.25, 0.3) is 0 Å². The highest BCUT2D eigenvalue weighted by molar-refractivity contribution is 7.12. The van der Waals surface area contributed by atoms with Gasteiger partial charge in [0.1, 0.15) is 5.75 Å². The molecule has 1 heterocycles. The van der Waals surface area contributed by atoms with E-state index in [1.807, 2.05) is 26.1 Å². The van der Waals surface area contributed by atoms with E-state index in [0.717, 1.165) is 16.3 Å². The van der Waals surface area contributed by atoms with Crippen LogP contribution in [0.4, 0.5) is 0 Å². The van der Waals surface area contributed by atoms with Crippen molar-refractivity contribution in [3.63, 3.8) is 0 Å². The van der Waals surface area contributed by atoms with E-state index in [0.29, 0.717) is 0 Å². The second-order valence-electron chi connectivity index (χ2n) is 4.00. The van der Waals surface area contributed by atoms with Crippen LogP contribution >= 0.6 is 11.3 Å². The van der Waals surface area contributed by atoms with Gasteiger partial charge in [-0.2, -0.15) is 0 Å². The van der Waals surface area contributed by atoms with E-state index in [1.54, 1.807) is 23.5 Å². The average Bonchev–Trinajstić information content (AvgIpc) is 2.71. The number of nitrogens with one attached hydrogen (secondary N) is 1. The topological polar surface area (TPSA) is 45.2 Å². The number of phenolic OH excluding ortho intramolecular Hbond substituents is 1. The lowest BCUT2D eigenvalue weighted by Crippen LogP contribution is -2.11. The van der Waals surface area contributed by atoms with Crippen LogP contribution in [-0.2, 0) is 0 Å². The third kappa shape index (κ3) is 2.48. The molecule has 0 saturated heterocycles. The Kier molecular flexibility index (Phi) is 3.45. The molecule has 0 spiro atoms. The van der Waals surface area contributed by atoms with E-state index in [9.17, 15) is 5.11 Å². The summed E-state index contributed by atoms with van der Waals surface area (Å²) in [6, 6.07) is 7.46. The van der Waals surface area contributed by atoms with E-state index in [4.69, 9.17) is 0 Å². The van der Waals surface area contributed by atoms with E-state index in [1.165, 1.54) is 4.88 Å². The van der Waals surface area contributed by atoms with Gasteiger partial charge in [-0.1, -0.05) is 0 Å². The zero-order chi connectivity index (χ0) is 12.4. The number of aryl methyl sites for hydroxylation is 1. The molecule has 1 aromatic carbocycles. The molecule has 1 unspecified atom stereocenters. The summed E-state index contributed by atoms with van der Waals surface area (Å²) in [6.45, 7) is 4.14. The molecule has 0 fully saturated rings. The first-order chi connectivity index (χ1) is 8.11. The van der Waals surface area contributed by atoms with Crippen molar-refractivity contribution >= 4 is 11.3 Å². The lowest BCUT2D eigenvalue weighted by Gasteiger charge is -2.09. The normalized spacial score (nSPS) is 12.6. The molecule has 0 saturated carbocycles. The molecule has 0 aliphatic rings. The fourth-order valence-corrected chi connectivity index (χ4v) is 2.70. The van der Waals surface area contributed by atoms with Crippen molar-refractivity contribution in [1.29, 1.82) is 0 Å². The van der Waals surface area contributed by atoms with Gasteiger partial charge in [-0.15, -0.1) is 11.3 Å². The van der Waals surface area contributed by atoms with Crippen LogP contribution < -0.4 is 5.32 Å². The van der Waals surface area contributed by atoms with Crippen LogP contribution in [0.15, 0.2) is 24.3 Å². The fourth-order valence-electron chi connectivity index (χ4n) is 1.69. The van der Waals surface area contributed by atoms with E-state index < -0.39 is 0 Å². The lowest BCUT2D eigenvalue weighted by molar-refractivity contribution is 0.475. The summed E-state index contributed by atoms with van der Waals surface area (Å²) in [5.74, 6) is 0.281. The van der Waals surface area contributed by atoms with Crippen LogP contribution in [0.3, 0.4) is 0 Å². The summed E-state index contributed by atoms with van der Waals surface area (Å²) in [5.41, 5.74) is 2.05. The van der Waals surface area contributed by atoms with Crippen molar-refractivity contribution in [2.75, 3.05) is 7.05 Å². The number of hydrogen-bond donors (Lipinski definition) is 2. The zero-order valence-corrected chi connectivity index (χ0v) is 11.0. The van der Waals surface area contributed by atoms with Gasteiger partial charge >= 0.3 is 0 Å². The van der Waals surface area contributed by atoms with Crippen LogP contribution in [0.25, 0.3) is 11.3 Å². The third-order valence-corrected chi connectivity index (χ3v) is 3.88. The van der Waals surface area contributed by atoms with Crippen LogP contribution in [0.2, 0.25) is 0 Å². The number of nitrogens with zero attached hydrogens (tertiary/aromatic N) is 1. The van der Waals surface area contributed by atoms with Crippen LogP contribution in [0.1, 0.15) is 22.9 Å². The molecule has 0 aliphatic heterocycles. The molecule has 0 aliphatic carbocycles. The van der Waals surface area contributed by atoms with Gasteiger partial charge in [-0.05, 0) is 45.2 Å². The highest BCUT2D eigenvalue weighted by Gasteiger charge is 2.15. The Morgan fingerprint density at radius 2 is 1.94 bits per heavy atom. The fraction of sp³-hybridized carbons (Fsp3) is 0.308. The van der Waals surface area contributed by atoms with Crippen molar-refractivity contribution in [3.05, 3.63) is 34.2 Å². The van der Waals surface area contributed by atoms with Gasteiger partial charge in [0, 0.05) is 16.5 Å². The molecule has 2 rings (SSSR count). The molecule has 90 valence electrons. The standard InChI is InChI=1S/C13H16N2OS/c1-8(14-3)13-12(15-9(2)17-13)10-4-6-11(16)7-5-10/h4-8,14,16H,1-3H3. The number of phenols is 1. The molecule has 1 aromatic heterocycles.